The second kappa shape index (κ2) is 13.5. The number of nitrogens with zero attached hydrogens (tertiary/aromatic N) is 5. The predicted octanol–water partition coefficient (Wildman–Crippen LogP) is 3.91. The molecule has 0 unspecified atom stereocenters. The van der Waals surface area contributed by atoms with Crippen LogP contribution in [0, 0.1) is 5.92 Å². The number of ether oxygens (including phenoxy) is 1. The highest BCUT2D eigenvalue weighted by molar-refractivity contribution is 7.70. The number of hydrogen-bond donors (Lipinski definition) is 3. The summed E-state index contributed by atoms with van der Waals surface area (Å²) in [6.45, 7) is 3.61. The third-order valence-electron chi connectivity index (χ3n) is 7.39. The van der Waals surface area contributed by atoms with Crippen molar-refractivity contribution in [3.05, 3.63) is 78.0 Å². The van der Waals surface area contributed by atoms with Crippen LogP contribution in [0.15, 0.2) is 60.9 Å². The molecule has 0 spiro atoms. The van der Waals surface area contributed by atoms with Crippen molar-refractivity contribution in [3.63, 3.8) is 0 Å². The number of nitrogens with one attached hydrogen (secondary N) is 3. The van der Waals surface area contributed by atoms with E-state index >= 15 is 0 Å². The van der Waals surface area contributed by atoms with Gasteiger partial charge in [0.2, 0.25) is 5.91 Å². The second-order valence-electron chi connectivity index (χ2n) is 11.3. The minimum absolute atomic E-state index is 0.0308. The van der Waals surface area contributed by atoms with Crippen molar-refractivity contribution in [2.24, 2.45) is 5.92 Å². The van der Waals surface area contributed by atoms with E-state index in [4.69, 9.17) is 4.74 Å². The molecule has 3 N–H and O–H groups in total. The zero-order chi connectivity index (χ0) is 33.0. The molecule has 46 heavy (non-hydrogen) atoms. The van der Waals surface area contributed by atoms with Crippen LogP contribution < -0.4 is 26.0 Å². The van der Waals surface area contributed by atoms with E-state index in [9.17, 15) is 18.9 Å². The summed E-state index contributed by atoms with van der Waals surface area (Å²) < 4.78 is 18.3. The van der Waals surface area contributed by atoms with Crippen LogP contribution in [-0.4, -0.2) is 77.3 Å². The van der Waals surface area contributed by atoms with Crippen LogP contribution in [0.25, 0.3) is 11.1 Å². The summed E-state index contributed by atoms with van der Waals surface area (Å²) >= 11 is 0. The number of carbonyl (C=O) groups is 3. The number of hydrogen-bond acceptors (Lipinski definition) is 10. The maximum absolute atomic E-state index is 13.2. The number of anilines is 3. The fraction of sp³-hybridized carbons (Fsp3) is 0.281. The van der Waals surface area contributed by atoms with E-state index in [1.807, 2.05) is 12.1 Å². The minimum atomic E-state index is -2.46. The third-order valence-corrected chi connectivity index (χ3v) is 8.91. The monoisotopic (exact) mass is 642 g/mol. The summed E-state index contributed by atoms with van der Waals surface area (Å²) in [6, 6.07) is 13.9. The van der Waals surface area contributed by atoms with E-state index in [1.165, 1.54) is 19.1 Å². The molecular weight excluding hydrogens is 607 g/mol. The minimum Gasteiger partial charge on any atom is -0.494 e. The molecule has 0 bridgehead atoms. The Bertz CT molecular complexity index is 1840. The van der Waals surface area contributed by atoms with Crippen LogP contribution >= 0.6 is 7.14 Å². The standard InChI is InChI=1S/C32H35N8O5P/c1-33-31(42)28-26(16-27(38-39-28)37-30(41)19-9-10-19)36-24-8-6-7-23(29(24)45-3)20-11-12-25(35-17-20)32(43)40(2)18-21-15-22(13-14-34-21)46(4,5)44/h6-8,11-17,19H,9-10,18H2,1-5H3,(H,33,42)(H2,36,37,38,41). The van der Waals surface area contributed by atoms with Crippen LogP contribution in [0.1, 0.15) is 39.5 Å². The number of para-hydroxylation sites is 1. The van der Waals surface area contributed by atoms with Gasteiger partial charge in [0.05, 0.1) is 30.7 Å². The first-order valence-corrected chi connectivity index (χ1v) is 17.2. The molecule has 14 heteroatoms. The van der Waals surface area contributed by atoms with Crippen molar-refractivity contribution in [2.45, 2.75) is 19.4 Å². The Morgan fingerprint density at radius 3 is 2.46 bits per heavy atom. The highest BCUT2D eigenvalue weighted by Gasteiger charge is 2.30. The van der Waals surface area contributed by atoms with Gasteiger partial charge in [0, 0.05) is 54.9 Å². The molecule has 3 amide bonds. The van der Waals surface area contributed by atoms with E-state index in [0.29, 0.717) is 39.2 Å². The van der Waals surface area contributed by atoms with E-state index < -0.39 is 13.0 Å². The molecule has 1 aliphatic carbocycles. The molecule has 1 aliphatic rings. The maximum atomic E-state index is 13.2. The number of pyridine rings is 2. The molecule has 5 rings (SSSR count). The van der Waals surface area contributed by atoms with E-state index in [-0.39, 0.29) is 41.5 Å². The largest absolute Gasteiger partial charge is 0.494 e. The van der Waals surface area contributed by atoms with Crippen molar-refractivity contribution in [3.8, 4) is 16.9 Å². The van der Waals surface area contributed by atoms with Gasteiger partial charge in [-0.1, -0.05) is 18.2 Å². The van der Waals surface area contributed by atoms with Crippen molar-refractivity contribution < 1.29 is 23.7 Å². The summed E-state index contributed by atoms with van der Waals surface area (Å²) in [5, 5.41) is 17.3. The van der Waals surface area contributed by atoms with Gasteiger partial charge in [-0.2, -0.15) is 0 Å². The molecule has 0 aliphatic heterocycles. The summed E-state index contributed by atoms with van der Waals surface area (Å²) in [4.78, 5) is 48.3. The van der Waals surface area contributed by atoms with Crippen LogP contribution in [0.5, 0.6) is 5.75 Å². The average Bonchev–Trinajstić information content (AvgIpc) is 3.90. The van der Waals surface area contributed by atoms with Gasteiger partial charge >= 0.3 is 0 Å². The molecule has 3 aromatic heterocycles. The fourth-order valence-corrected chi connectivity index (χ4v) is 5.60. The van der Waals surface area contributed by atoms with E-state index in [1.54, 1.807) is 69.2 Å². The van der Waals surface area contributed by atoms with Gasteiger partial charge in [0.15, 0.2) is 11.5 Å². The smallest absolute Gasteiger partial charge is 0.273 e. The fourth-order valence-electron chi connectivity index (χ4n) is 4.71. The Labute approximate surface area is 266 Å². The number of benzene rings is 1. The van der Waals surface area contributed by atoms with Crippen LogP contribution in [0.4, 0.5) is 17.2 Å². The first-order chi connectivity index (χ1) is 22.0. The zero-order valence-corrected chi connectivity index (χ0v) is 27.1. The topological polar surface area (TPSA) is 168 Å². The lowest BCUT2D eigenvalue weighted by molar-refractivity contribution is -0.117. The van der Waals surface area contributed by atoms with Gasteiger partial charge in [0.1, 0.15) is 18.6 Å². The van der Waals surface area contributed by atoms with Gasteiger partial charge in [0.25, 0.3) is 11.8 Å². The molecule has 3 heterocycles. The van der Waals surface area contributed by atoms with E-state index in [0.717, 1.165) is 12.8 Å². The third kappa shape index (κ3) is 7.37. The lowest BCUT2D eigenvalue weighted by Crippen LogP contribution is -2.27. The first-order valence-electron chi connectivity index (χ1n) is 14.6. The molecule has 1 fully saturated rings. The Balaban J connectivity index is 1.37. The zero-order valence-electron chi connectivity index (χ0n) is 26.2. The highest BCUT2D eigenvalue weighted by Crippen LogP contribution is 2.39. The van der Waals surface area contributed by atoms with Crippen LogP contribution in [0.2, 0.25) is 0 Å². The number of aromatic nitrogens is 4. The number of amides is 3. The summed E-state index contributed by atoms with van der Waals surface area (Å²) in [6.07, 6.45) is 4.85. The molecule has 0 atom stereocenters. The van der Waals surface area contributed by atoms with Gasteiger partial charge in [-0.15, -0.1) is 10.2 Å². The van der Waals surface area contributed by atoms with Gasteiger partial charge in [-0.25, -0.2) is 0 Å². The SMILES string of the molecule is CNC(=O)c1nnc(NC(=O)C2CC2)cc1Nc1cccc(-c2ccc(C(=O)N(C)Cc3cc(P(C)(C)=O)ccn3)nc2)c1OC. The Hall–Kier alpha value is -5.16. The van der Waals surface area contributed by atoms with Gasteiger partial charge in [-0.3, -0.25) is 24.4 Å². The quantitative estimate of drug-likeness (QED) is 0.204. The molecule has 4 aromatic rings. The van der Waals surface area contributed by atoms with Gasteiger partial charge in [-0.05, 0) is 50.4 Å². The summed E-state index contributed by atoms with van der Waals surface area (Å²) in [5.41, 5.74) is 3.12. The van der Waals surface area contributed by atoms with Crippen molar-refractivity contribution in [2.75, 3.05) is 45.2 Å². The lowest BCUT2D eigenvalue weighted by Gasteiger charge is -2.18. The summed E-state index contributed by atoms with van der Waals surface area (Å²) in [5.74, 6) is -0.248. The number of carbonyl (C=O) groups excluding carboxylic acids is 3. The maximum Gasteiger partial charge on any atom is 0.273 e. The molecule has 1 aromatic carbocycles. The van der Waals surface area contributed by atoms with Gasteiger partial charge < -0.3 is 30.2 Å². The number of methoxy groups -OCH3 is 1. The molecule has 1 saturated carbocycles. The normalized spacial score (nSPS) is 12.6. The average molecular weight is 643 g/mol. The Morgan fingerprint density at radius 2 is 1.80 bits per heavy atom. The Morgan fingerprint density at radius 1 is 1.02 bits per heavy atom. The molecule has 0 saturated heterocycles. The second-order valence-corrected chi connectivity index (χ2v) is 14.5. The predicted molar refractivity (Wildman–Crippen MR) is 175 cm³/mol. The molecule has 0 radical (unpaired) electrons. The first kappa shape index (κ1) is 32.2. The molecule has 13 nitrogen and oxygen atoms in total. The van der Waals surface area contributed by atoms with Crippen LogP contribution in [0.3, 0.4) is 0 Å². The lowest BCUT2D eigenvalue weighted by atomic mass is 10.0. The van der Waals surface area contributed by atoms with Crippen molar-refractivity contribution in [1.82, 2.24) is 30.4 Å². The highest BCUT2D eigenvalue weighted by atomic mass is 31.2. The Kier molecular flexibility index (Phi) is 9.43. The van der Waals surface area contributed by atoms with Crippen molar-refractivity contribution >= 4 is 47.4 Å². The van der Waals surface area contributed by atoms with Crippen LogP contribution in [-0.2, 0) is 15.9 Å². The van der Waals surface area contributed by atoms with E-state index in [2.05, 4.69) is 36.1 Å². The summed E-state index contributed by atoms with van der Waals surface area (Å²) in [7, 11) is 2.21. The molecule has 238 valence electrons. The van der Waals surface area contributed by atoms with Crippen molar-refractivity contribution in [1.29, 1.82) is 0 Å². The molecular formula is C32H35N8O5P. The number of rotatable bonds is 11.